The van der Waals surface area contributed by atoms with Gasteiger partial charge < -0.3 is 10.4 Å². The van der Waals surface area contributed by atoms with Crippen molar-refractivity contribution in [3.63, 3.8) is 0 Å². The van der Waals surface area contributed by atoms with Crippen LogP contribution in [0.15, 0.2) is 24.3 Å². The molecule has 0 saturated heterocycles. The number of hydrogen-bond donors (Lipinski definition) is 2. The van der Waals surface area contributed by atoms with Crippen molar-refractivity contribution in [2.45, 2.75) is 46.5 Å². The Bertz CT molecular complexity index is 412. The summed E-state index contributed by atoms with van der Waals surface area (Å²) >= 11 is 0. The molecule has 0 radical (unpaired) electrons. The minimum Gasteiger partial charge on any atom is -0.395 e. The molecular formula is C18H29NO2. The second-order valence-electron chi connectivity index (χ2n) is 6.31. The molecule has 0 aromatic heterocycles. The predicted octanol–water partition coefficient (Wildman–Crippen LogP) is 3.41. The van der Waals surface area contributed by atoms with E-state index in [0.717, 1.165) is 12.3 Å². The van der Waals surface area contributed by atoms with Crippen molar-refractivity contribution in [2.24, 2.45) is 11.8 Å². The first-order valence-electron chi connectivity index (χ1n) is 8.01. The maximum atomic E-state index is 11.7. The van der Waals surface area contributed by atoms with Crippen LogP contribution in [-0.4, -0.2) is 24.2 Å². The van der Waals surface area contributed by atoms with E-state index in [4.69, 9.17) is 5.11 Å². The molecule has 0 saturated carbocycles. The van der Waals surface area contributed by atoms with Crippen LogP contribution in [0.1, 0.15) is 56.0 Å². The lowest BCUT2D eigenvalue weighted by atomic mass is 9.93. The molecule has 0 bridgehead atoms. The maximum absolute atomic E-state index is 11.7. The van der Waals surface area contributed by atoms with Gasteiger partial charge in [-0.3, -0.25) is 4.79 Å². The number of aliphatic hydroxyl groups is 1. The molecule has 0 aliphatic rings. The lowest BCUT2D eigenvalue weighted by Crippen LogP contribution is -2.26. The molecule has 21 heavy (non-hydrogen) atoms. The van der Waals surface area contributed by atoms with Crippen molar-refractivity contribution < 1.29 is 9.90 Å². The number of rotatable bonds is 9. The summed E-state index contributed by atoms with van der Waals surface area (Å²) in [6.45, 7) is 7.10. The number of benzene rings is 1. The fourth-order valence-corrected chi connectivity index (χ4v) is 2.44. The first-order chi connectivity index (χ1) is 10.0. The summed E-state index contributed by atoms with van der Waals surface area (Å²) in [6, 6.07) is 7.80. The minimum atomic E-state index is -0.124. The average Bonchev–Trinajstić information content (AvgIpc) is 2.45. The second-order valence-corrected chi connectivity index (χ2v) is 6.31. The highest BCUT2D eigenvalue weighted by molar-refractivity contribution is 5.94. The van der Waals surface area contributed by atoms with Gasteiger partial charge in [0.25, 0.3) is 5.91 Å². The molecule has 1 unspecified atom stereocenters. The summed E-state index contributed by atoms with van der Waals surface area (Å²) in [5, 5.41) is 11.4. The molecule has 1 aromatic rings. The van der Waals surface area contributed by atoms with Crippen LogP contribution in [0, 0.1) is 11.8 Å². The SMILES string of the molecule is CC(C)CCCC(C)Cc1ccc(C(=O)NCCO)cc1. The predicted molar refractivity (Wildman–Crippen MR) is 87.4 cm³/mol. The summed E-state index contributed by atoms with van der Waals surface area (Å²) in [5.41, 5.74) is 1.94. The summed E-state index contributed by atoms with van der Waals surface area (Å²) < 4.78 is 0. The Morgan fingerprint density at radius 3 is 2.38 bits per heavy atom. The number of carbonyl (C=O) groups excluding carboxylic acids is 1. The minimum absolute atomic E-state index is 0.0300. The zero-order valence-corrected chi connectivity index (χ0v) is 13.6. The molecule has 0 spiro atoms. The van der Waals surface area contributed by atoms with E-state index in [9.17, 15) is 4.79 Å². The van der Waals surface area contributed by atoms with Crippen molar-refractivity contribution in [3.8, 4) is 0 Å². The molecule has 1 atom stereocenters. The molecule has 3 heteroatoms. The van der Waals surface area contributed by atoms with E-state index < -0.39 is 0 Å². The van der Waals surface area contributed by atoms with Crippen molar-refractivity contribution >= 4 is 5.91 Å². The lowest BCUT2D eigenvalue weighted by Gasteiger charge is -2.12. The zero-order chi connectivity index (χ0) is 15.7. The van der Waals surface area contributed by atoms with Crippen LogP contribution in [0.4, 0.5) is 0 Å². The summed E-state index contributed by atoms with van der Waals surface area (Å²) in [6.07, 6.45) is 4.92. The summed E-state index contributed by atoms with van der Waals surface area (Å²) in [4.78, 5) is 11.7. The Morgan fingerprint density at radius 2 is 1.81 bits per heavy atom. The van der Waals surface area contributed by atoms with Crippen LogP contribution >= 0.6 is 0 Å². The van der Waals surface area contributed by atoms with Gasteiger partial charge in [-0.15, -0.1) is 0 Å². The molecule has 0 aliphatic heterocycles. The topological polar surface area (TPSA) is 49.3 Å². The fraction of sp³-hybridized carbons (Fsp3) is 0.611. The van der Waals surface area contributed by atoms with Gasteiger partial charge in [0.15, 0.2) is 0 Å². The van der Waals surface area contributed by atoms with Gasteiger partial charge in [-0.1, -0.05) is 52.2 Å². The van der Waals surface area contributed by atoms with Crippen molar-refractivity contribution in [1.82, 2.24) is 5.32 Å². The molecule has 1 amide bonds. The molecular weight excluding hydrogens is 262 g/mol. The highest BCUT2D eigenvalue weighted by atomic mass is 16.3. The highest BCUT2D eigenvalue weighted by Gasteiger charge is 2.07. The molecule has 3 nitrogen and oxygen atoms in total. The van der Waals surface area contributed by atoms with E-state index in [1.165, 1.54) is 24.8 Å². The molecule has 1 aromatic carbocycles. The van der Waals surface area contributed by atoms with E-state index >= 15 is 0 Å². The van der Waals surface area contributed by atoms with E-state index in [1.807, 2.05) is 24.3 Å². The third-order valence-corrected chi connectivity index (χ3v) is 3.68. The monoisotopic (exact) mass is 291 g/mol. The third-order valence-electron chi connectivity index (χ3n) is 3.68. The van der Waals surface area contributed by atoms with E-state index in [1.54, 1.807) is 0 Å². The standard InChI is InChI=1S/C18H29NO2/c1-14(2)5-4-6-15(3)13-16-7-9-17(10-8-16)18(21)19-11-12-20/h7-10,14-15,20H,4-6,11-13H2,1-3H3,(H,19,21). The molecule has 0 fully saturated rings. The molecule has 0 heterocycles. The van der Waals surface area contributed by atoms with Crippen molar-refractivity contribution in [3.05, 3.63) is 35.4 Å². The van der Waals surface area contributed by atoms with Crippen molar-refractivity contribution in [1.29, 1.82) is 0 Å². The Labute approximate surface area is 128 Å². The zero-order valence-electron chi connectivity index (χ0n) is 13.6. The van der Waals surface area contributed by atoms with Crippen molar-refractivity contribution in [2.75, 3.05) is 13.2 Å². The van der Waals surface area contributed by atoms with Gasteiger partial charge >= 0.3 is 0 Å². The summed E-state index contributed by atoms with van der Waals surface area (Å²) in [5.74, 6) is 1.34. The fourth-order valence-electron chi connectivity index (χ4n) is 2.44. The maximum Gasteiger partial charge on any atom is 0.251 e. The second kappa shape index (κ2) is 9.56. The van der Waals surface area contributed by atoms with Gasteiger partial charge in [0.1, 0.15) is 0 Å². The Balaban J connectivity index is 2.41. The van der Waals surface area contributed by atoms with Gasteiger partial charge in [0.2, 0.25) is 0 Å². The number of carbonyl (C=O) groups is 1. The Morgan fingerprint density at radius 1 is 1.14 bits per heavy atom. The van der Waals surface area contributed by atoms with E-state index in [-0.39, 0.29) is 12.5 Å². The van der Waals surface area contributed by atoms with Gasteiger partial charge in [-0.25, -0.2) is 0 Å². The smallest absolute Gasteiger partial charge is 0.251 e. The number of aliphatic hydroxyl groups excluding tert-OH is 1. The number of hydrogen-bond acceptors (Lipinski definition) is 2. The van der Waals surface area contributed by atoms with E-state index in [2.05, 4.69) is 26.1 Å². The van der Waals surface area contributed by atoms with Crippen LogP contribution in [0.5, 0.6) is 0 Å². The largest absolute Gasteiger partial charge is 0.395 e. The average molecular weight is 291 g/mol. The van der Waals surface area contributed by atoms with Crippen LogP contribution in [0.3, 0.4) is 0 Å². The van der Waals surface area contributed by atoms with Crippen LogP contribution in [-0.2, 0) is 6.42 Å². The van der Waals surface area contributed by atoms with Crippen LogP contribution < -0.4 is 5.32 Å². The van der Waals surface area contributed by atoms with Gasteiger partial charge in [-0.2, -0.15) is 0 Å². The lowest BCUT2D eigenvalue weighted by molar-refractivity contribution is 0.0945. The normalized spacial score (nSPS) is 12.4. The third kappa shape index (κ3) is 7.28. The Hall–Kier alpha value is -1.35. The summed E-state index contributed by atoms with van der Waals surface area (Å²) in [7, 11) is 0. The molecule has 1 rings (SSSR count). The highest BCUT2D eigenvalue weighted by Crippen LogP contribution is 2.17. The molecule has 0 aliphatic carbocycles. The van der Waals surface area contributed by atoms with Crippen LogP contribution in [0.25, 0.3) is 0 Å². The molecule has 2 N–H and O–H groups in total. The number of nitrogens with one attached hydrogen (secondary N) is 1. The first-order valence-corrected chi connectivity index (χ1v) is 8.01. The number of amides is 1. The molecule has 118 valence electrons. The van der Waals surface area contributed by atoms with E-state index in [0.29, 0.717) is 18.0 Å². The first kappa shape index (κ1) is 17.7. The Kier molecular flexibility index (Phi) is 8.06. The van der Waals surface area contributed by atoms with Gasteiger partial charge in [0, 0.05) is 12.1 Å². The van der Waals surface area contributed by atoms with Gasteiger partial charge in [-0.05, 0) is 36.0 Å². The van der Waals surface area contributed by atoms with Crippen LogP contribution in [0.2, 0.25) is 0 Å². The van der Waals surface area contributed by atoms with Gasteiger partial charge in [0.05, 0.1) is 6.61 Å². The quantitative estimate of drug-likeness (QED) is 0.732.